The number of hydrogen-bond donors (Lipinski definition) is 5. The fourth-order valence-corrected chi connectivity index (χ4v) is 6.47. The second-order valence-electron chi connectivity index (χ2n) is 13.7. The van der Waals surface area contributed by atoms with Crippen LogP contribution in [-0.4, -0.2) is 116 Å². The molecule has 14 nitrogen and oxygen atoms in total. The highest BCUT2D eigenvalue weighted by Gasteiger charge is 2.34. The standard InChI is InChI=1S/C38H58N8O6/c1-26(2)23-31(34(47)41-27(3)36(49)45-21-17-30(18-22-45)46(20-12-19-39)38(51)52-5)42-35(48)32(24-28-13-8-6-9-14-28)43-37(50)44(4)33(25-40)29-15-10-7-11-16-29/h6-11,13-16,26-27,30-33H,12,17-25,39-40H2,1-5H3,(H,41,47)(H,42,48)(H,43,50)/t27-,31-,32-,33?/m1/s1. The first kappa shape index (κ1) is 41.7. The number of rotatable bonds is 17. The van der Waals surface area contributed by atoms with E-state index in [4.69, 9.17) is 16.2 Å². The largest absolute Gasteiger partial charge is 0.453 e. The molecule has 1 saturated heterocycles. The molecular formula is C38H58N8O6. The minimum Gasteiger partial charge on any atom is -0.453 e. The molecule has 0 saturated carbocycles. The van der Waals surface area contributed by atoms with Gasteiger partial charge in [-0.15, -0.1) is 0 Å². The van der Waals surface area contributed by atoms with E-state index in [1.54, 1.807) is 23.8 Å². The Bertz CT molecular complexity index is 1440. The Morgan fingerprint density at radius 3 is 2.02 bits per heavy atom. The van der Waals surface area contributed by atoms with Crippen molar-refractivity contribution in [3.8, 4) is 0 Å². The minimum absolute atomic E-state index is 0.0302. The summed E-state index contributed by atoms with van der Waals surface area (Å²) >= 11 is 0. The smallest absolute Gasteiger partial charge is 0.409 e. The normalized spacial score (nSPS) is 15.5. The van der Waals surface area contributed by atoms with E-state index in [0.717, 1.165) is 11.1 Å². The molecule has 1 heterocycles. The van der Waals surface area contributed by atoms with Crippen LogP contribution < -0.4 is 27.4 Å². The molecule has 1 unspecified atom stereocenters. The van der Waals surface area contributed by atoms with Crippen molar-refractivity contribution in [3.05, 3.63) is 71.8 Å². The zero-order valence-electron chi connectivity index (χ0n) is 31.3. The lowest BCUT2D eigenvalue weighted by atomic mass is 10.0. The summed E-state index contributed by atoms with van der Waals surface area (Å²) in [5, 5.41) is 8.55. The van der Waals surface area contributed by atoms with Crippen LogP contribution in [0.1, 0.15) is 63.6 Å². The lowest BCUT2D eigenvalue weighted by molar-refractivity contribution is -0.138. The quantitative estimate of drug-likeness (QED) is 0.164. The minimum atomic E-state index is -1.01. The van der Waals surface area contributed by atoms with Gasteiger partial charge >= 0.3 is 12.1 Å². The molecule has 0 bridgehead atoms. The van der Waals surface area contributed by atoms with Crippen molar-refractivity contribution in [1.29, 1.82) is 0 Å². The molecule has 0 spiro atoms. The summed E-state index contributed by atoms with van der Waals surface area (Å²) in [5.41, 5.74) is 13.4. The number of methoxy groups -OCH3 is 1. The van der Waals surface area contributed by atoms with Crippen LogP contribution in [0.3, 0.4) is 0 Å². The number of nitrogens with zero attached hydrogens (tertiary/aromatic N) is 3. The van der Waals surface area contributed by atoms with E-state index >= 15 is 0 Å². The van der Waals surface area contributed by atoms with Crippen molar-refractivity contribution < 1.29 is 28.7 Å². The number of benzene rings is 2. The molecule has 1 fully saturated rings. The van der Waals surface area contributed by atoms with Gasteiger partial charge < -0.3 is 46.9 Å². The predicted octanol–water partition coefficient (Wildman–Crippen LogP) is 2.38. The molecule has 286 valence electrons. The van der Waals surface area contributed by atoms with Gasteiger partial charge in [0.1, 0.15) is 18.1 Å². The van der Waals surface area contributed by atoms with Crippen LogP contribution in [0.4, 0.5) is 9.59 Å². The summed E-state index contributed by atoms with van der Waals surface area (Å²) < 4.78 is 4.96. The van der Waals surface area contributed by atoms with E-state index in [1.807, 2.05) is 74.5 Å². The number of likely N-dealkylation sites (N-methyl/N-ethyl adjacent to an activating group) is 1. The average molecular weight is 723 g/mol. The average Bonchev–Trinajstić information content (AvgIpc) is 3.15. The molecular weight excluding hydrogens is 664 g/mol. The third-order valence-corrected chi connectivity index (χ3v) is 9.39. The molecule has 14 heteroatoms. The van der Waals surface area contributed by atoms with Crippen LogP contribution in [0.15, 0.2) is 60.7 Å². The highest BCUT2D eigenvalue weighted by atomic mass is 16.5. The molecule has 7 N–H and O–H groups in total. The second-order valence-corrected chi connectivity index (χ2v) is 13.7. The summed E-state index contributed by atoms with van der Waals surface area (Å²) in [6, 6.07) is 14.9. The number of likely N-dealkylation sites (tertiary alicyclic amines) is 1. The van der Waals surface area contributed by atoms with E-state index in [-0.39, 0.29) is 30.8 Å². The maximum Gasteiger partial charge on any atom is 0.409 e. The summed E-state index contributed by atoms with van der Waals surface area (Å²) in [7, 11) is 2.97. The molecule has 2 aromatic rings. The number of amides is 6. The highest BCUT2D eigenvalue weighted by molar-refractivity contribution is 5.94. The molecule has 3 rings (SSSR count). The highest BCUT2D eigenvalue weighted by Crippen LogP contribution is 2.20. The number of nitrogens with one attached hydrogen (secondary N) is 3. The monoisotopic (exact) mass is 722 g/mol. The number of piperidine rings is 1. The number of nitrogens with two attached hydrogens (primary N) is 2. The Balaban J connectivity index is 1.69. The van der Waals surface area contributed by atoms with E-state index in [9.17, 15) is 24.0 Å². The molecule has 1 aliphatic heterocycles. The molecule has 1 aliphatic rings. The fourth-order valence-electron chi connectivity index (χ4n) is 6.47. The zero-order valence-corrected chi connectivity index (χ0v) is 31.3. The van der Waals surface area contributed by atoms with Gasteiger partial charge in [0.25, 0.3) is 0 Å². The molecule has 0 aliphatic carbocycles. The molecule has 4 atom stereocenters. The first-order valence-electron chi connectivity index (χ1n) is 18.2. The SMILES string of the molecule is COC(=O)N(CCCN)C1CCN(C(=O)[C@@H](C)NC(=O)[C@@H](CC(C)C)NC(=O)[C@@H](Cc2ccccc2)NC(=O)N(C)C(CN)c2ccccc2)CC1. The number of carbonyl (C=O) groups excluding carboxylic acids is 5. The van der Waals surface area contributed by atoms with Crippen LogP contribution in [-0.2, 0) is 25.5 Å². The van der Waals surface area contributed by atoms with Gasteiger partial charge in [-0.2, -0.15) is 0 Å². The van der Waals surface area contributed by atoms with E-state index < -0.39 is 48.1 Å². The molecule has 52 heavy (non-hydrogen) atoms. The van der Waals surface area contributed by atoms with Gasteiger partial charge in [-0.25, -0.2) is 9.59 Å². The number of hydrogen-bond acceptors (Lipinski definition) is 8. The lowest BCUT2D eigenvalue weighted by Gasteiger charge is -2.38. The zero-order chi connectivity index (χ0) is 38.2. The van der Waals surface area contributed by atoms with Crippen molar-refractivity contribution in [1.82, 2.24) is 30.7 Å². The van der Waals surface area contributed by atoms with Gasteiger partial charge in [-0.05, 0) is 56.2 Å². The lowest BCUT2D eigenvalue weighted by Crippen LogP contribution is -2.58. The third-order valence-electron chi connectivity index (χ3n) is 9.39. The topological polar surface area (TPSA) is 192 Å². The molecule has 6 amide bonds. The van der Waals surface area contributed by atoms with Crippen LogP contribution >= 0.6 is 0 Å². The second kappa shape index (κ2) is 21.0. The Morgan fingerprint density at radius 1 is 0.865 bits per heavy atom. The Hall–Kier alpha value is -4.69. The van der Waals surface area contributed by atoms with E-state index in [1.165, 1.54) is 12.0 Å². The first-order chi connectivity index (χ1) is 24.9. The summed E-state index contributed by atoms with van der Waals surface area (Å²) in [6.45, 7) is 7.42. The predicted molar refractivity (Wildman–Crippen MR) is 200 cm³/mol. The maximum absolute atomic E-state index is 13.9. The van der Waals surface area contributed by atoms with E-state index in [0.29, 0.717) is 51.9 Å². The molecule has 0 aromatic heterocycles. The van der Waals surface area contributed by atoms with Gasteiger partial charge in [0.15, 0.2) is 0 Å². The van der Waals surface area contributed by atoms with Crippen molar-refractivity contribution in [2.75, 3.05) is 46.9 Å². The van der Waals surface area contributed by atoms with E-state index in [2.05, 4.69) is 16.0 Å². The van der Waals surface area contributed by atoms with Crippen LogP contribution in [0.25, 0.3) is 0 Å². The Kier molecular flexibility index (Phi) is 16.8. The first-order valence-corrected chi connectivity index (χ1v) is 18.2. The number of urea groups is 1. The van der Waals surface area contributed by atoms with Crippen LogP contribution in [0.2, 0.25) is 0 Å². The maximum atomic E-state index is 13.9. The molecule has 2 aromatic carbocycles. The summed E-state index contributed by atoms with van der Waals surface area (Å²) in [6.07, 6.45) is 1.86. The van der Waals surface area contributed by atoms with Crippen LogP contribution in [0.5, 0.6) is 0 Å². The van der Waals surface area contributed by atoms with Gasteiger partial charge in [0.05, 0.1) is 13.2 Å². The number of ether oxygens (including phenoxy) is 1. The fraction of sp³-hybridized carbons (Fsp3) is 0.553. The van der Waals surface area contributed by atoms with Crippen molar-refractivity contribution in [2.24, 2.45) is 17.4 Å². The summed E-state index contributed by atoms with van der Waals surface area (Å²) in [5.74, 6) is -1.24. The van der Waals surface area contributed by atoms with Gasteiger partial charge in [-0.1, -0.05) is 74.5 Å². The van der Waals surface area contributed by atoms with Crippen molar-refractivity contribution >= 4 is 29.8 Å². The van der Waals surface area contributed by atoms with Gasteiger partial charge in [-0.3, -0.25) is 14.4 Å². The molecule has 0 radical (unpaired) electrons. The Morgan fingerprint density at radius 2 is 1.46 bits per heavy atom. The van der Waals surface area contributed by atoms with Crippen molar-refractivity contribution in [3.63, 3.8) is 0 Å². The number of carbonyl (C=O) groups is 5. The Labute approximate surface area is 308 Å². The summed E-state index contributed by atoms with van der Waals surface area (Å²) in [4.78, 5) is 71.8. The van der Waals surface area contributed by atoms with Crippen LogP contribution in [0, 0.1) is 5.92 Å². The third kappa shape index (κ3) is 12.2. The van der Waals surface area contributed by atoms with Gasteiger partial charge in [0.2, 0.25) is 17.7 Å². The van der Waals surface area contributed by atoms with Gasteiger partial charge in [0, 0.05) is 45.7 Å². The van der Waals surface area contributed by atoms with Crippen molar-refractivity contribution in [2.45, 2.75) is 83.1 Å².